The third-order valence-corrected chi connectivity index (χ3v) is 3.57. The van der Waals surface area contributed by atoms with Crippen LogP contribution in [0.5, 0.6) is 0 Å². The molecule has 1 rings (SSSR count). The number of carbonyl (C=O) groups excluding carboxylic acids is 1. The van der Waals surface area contributed by atoms with Crippen molar-refractivity contribution in [1.29, 1.82) is 0 Å². The molecule has 0 radical (unpaired) electrons. The first kappa shape index (κ1) is 15.5. The fraction of sp³-hybridized carbons (Fsp3) is 0.533. The maximum atomic E-state index is 11.3. The summed E-state index contributed by atoms with van der Waals surface area (Å²) in [6.45, 7) is 7.78. The third-order valence-electron chi connectivity index (χ3n) is 3.57. The van der Waals surface area contributed by atoms with Crippen LogP contribution in [0.25, 0.3) is 0 Å². The highest BCUT2D eigenvalue weighted by atomic mass is 16.1. The number of nitrogens with two attached hydrogens (primary N) is 1. The summed E-state index contributed by atoms with van der Waals surface area (Å²) in [6, 6.07) is 6.08. The summed E-state index contributed by atoms with van der Waals surface area (Å²) < 4.78 is 0. The number of Topliss-reactive ketones (excluding diaryl/α,β-unsaturated/α-hetero) is 1. The van der Waals surface area contributed by atoms with E-state index in [1.54, 1.807) is 6.07 Å². The van der Waals surface area contributed by atoms with Crippen molar-refractivity contribution in [1.82, 2.24) is 4.90 Å². The molecule has 0 spiro atoms. The minimum atomic E-state index is 0.000513. The van der Waals surface area contributed by atoms with Gasteiger partial charge in [-0.2, -0.15) is 0 Å². The lowest BCUT2D eigenvalue weighted by Crippen LogP contribution is -2.32. The van der Waals surface area contributed by atoms with E-state index in [2.05, 4.69) is 31.1 Å². The molecular weight excluding hydrogens is 238 g/mol. The van der Waals surface area contributed by atoms with Gasteiger partial charge in [0.15, 0.2) is 5.78 Å². The van der Waals surface area contributed by atoms with Crippen molar-refractivity contribution in [3.63, 3.8) is 0 Å². The van der Waals surface area contributed by atoms with Crippen LogP contribution in [0.3, 0.4) is 0 Å². The lowest BCUT2D eigenvalue weighted by Gasteiger charge is -2.23. The number of benzene rings is 1. The smallest absolute Gasteiger partial charge is 0.161 e. The Labute approximate surface area is 116 Å². The van der Waals surface area contributed by atoms with E-state index < -0.39 is 0 Å². The highest BCUT2D eigenvalue weighted by Gasteiger charge is 2.07. The van der Waals surface area contributed by atoms with Gasteiger partial charge in [-0.3, -0.25) is 4.79 Å². The molecule has 0 saturated carbocycles. The Balaban J connectivity index is 2.51. The van der Waals surface area contributed by atoms with Gasteiger partial charge >= 0.3 is 0 Å². The number of ketones is 1. The molecule has 0 aliphatic carbocycles. The van der Waals surface area contributed by atoms with Crippen molar-refractivity contribution < 1.29 is 4.79 Å². The van der Waals surface area contributed by atoms with Gasteiger partial charge in [-0.05, 0) is 45.5 Å². The number of carbonyl (C=O) groups is 1. The molecule has 0 aliphatic heterocycles. The number of nitrogens with one attached hydrogen (secondary N) is 1. The number of hydrogen-bond donors (Lipinski definition) is 2. The van der Waals surface area contributed by atoms with Crippen LogP contribution in [0.2, 0.25) is 0 Å². The molecule has 0 fully saturated rings. The standard InChI is InChI=1S/C15H25N3O/c1-5-11(2)18(4)9-8-17-13-6-7-14(12(3)19)15(16)10-13/h6-7,10-11,17H,5,8-9,16H2,1-4H3. The zero-order valence-corrected chi connectivity index (χ0v) is 12.4. The number of likely N-dealkylation sites (N-methyl/N-ethyl adjacent to an activating group) is 1. The Morgan fingerprint density at radius 3 is 2.68 bits per heavy atom. The first-order valence-electron chi connectivity index (χ1n) is 6.80. The SMILES string of the molecule is CCC(C)N(C)CCNc1ccc(C(C)=O)c(N)c1. The fourth-order valence-electron chi connectivity index (χ4n) is 1.90. The number of nitrogens with zero attached hydrogens (tertiary/aromatic N) is 1. The van der Waals surface area contributed by atoms with Gasteiger partial charge in [0.2, 0.25) is 0 Å². The van der Waals surface area contributed by atoms with Crippen molar-refractivity contribution in [2.45, 2.75) is 33.2 Å². The molecule has 1 aromatic rings. The van der Waals surface area contributed by atoms with Gasteiger partial charge in [0.1, 0.15) is 0 Å². The number of anilines is 2. The lowest BCUT2D eigenvalue weighted by molar-refractivity contribution is 0.101. The van der Waals surface area contributed by atoms with E-state index in [9.17, 15) is 4.79 Å². The normalized spacial score (nSPS) is 12.5. The van der Waals surface area contributed by atoms with Gasteiger partial charge in [0, 0.05) is 36.1 Å². The molecule has 1 unspecified atom stereocenters. The predicted octanol–water partition coefficient (Wildman–Crippen LogP) is 2.61. The van der Waals surface area contributed by atoms with E-state index in [4.69, 9.17) is 5.73 Å². The minimum Gasteiger partial charge on any atom is -0.398 e. The quantitative estimate of drug-likeness (QED) is 0.586. The molecule has 0 amide bonds. The van der Waals surface area contributed by atoms with Crippen molar-refractivity contribution in [3.8, 4) is 0 Å². The highest BCUT2D eigenvalue weighted by Crippen LogP contribution is 2.18. The molecule has 0 aliphatic rings. The predicted molar refractivity (Wildman–Crippen MR) is 81.7 cm³/mol. The zero-order chi connectivity index (χ0) is 14.4. The molecule has 3 N–H and O–H groups in total. The van der Waals surface area contributed by atoms with Gasteiger partial charge in [0.25, 0.3) is 0 Å². The molecule has 0 saturated heterocycles. The van der Waals surface area contributed by atoms with E-state index in [0.717, 1.165) is 25.2 Å². The Kier molecular flexibility index (Phi) is 5.83. The molecule has 0 aromatic heterocycles. The van der Waals surface area contributed by atoms with Crippen LogP contribution in [-0.2, 0) is 0 Å². The van der Waals surface area contributed by atoms with Crippen LogP contribution in [0, 0.1) is 0 Å². The topological polar surface area (TPSA) is 58.4 Å². The summed E-state index contributed by atoms with van der Waals surface area (Å²) in [7, 11) is 2.13. The van der Waals surface area contributed by atoms with E-state index in [-0.39, 0.29) is 5.78 Å². The Morgan fingerprint density at radius 2 is 2.16 bits per heavy atom. The molecule has 106 valence electrons. The molecule has 0 heterocycles. The third kappa shape index (κ3) is 4.56. The summed E-state index contributed by atoms with van der Waals surface area (Å²) in [4.78, 5) is 13.6. The summed E-state index contributed by atoms with van der Waals surface area (Å²) in [5.41, 5.74) is 7.93. The highest BCUT2D eigenvalue weighted by molar-refractivity contribution is 5.99. The second kappa shape index (κ2) is 7.14. The molecule has 1 atom stereocenters. The van der Waals surface area contributed by atoms with Crippen LogP contribution in [0.4, 0.5) is 11.4 Å². The minimum absolute atomic E-state index is 0.000513. The van der Waals surface area contributed by atoms with Gasteiger partial charge in [0.05, 0.1) is 0 Å². The largest absolute Gasteiger partial charge is 0.398 e. The van der Waals surface area contributed by atoms with Crippen LogP contribution in [0.15, 0.2) is 18.2 Å². The summed E-state index contributed by atoms with van der Waals surface area (Å²) >= 11 is 0. The second-order valence-electron chi connectivity index (χ2n) is 5.02. The molecule has 4 heteroatoms. The summed E-state index contributed by atoms with van der Waals surface area (Å²) in [5, 5.41) is 3.33. The molecule has 4 nitrogen and oxygen atoms in total. The van der Waals surface area contributed by atoms with Gasteiger partial charge in [-0.15, -0.1) is 0 Å². The van der Waals surface area contributed by atoms with Gasteiger partial charge < -0.3 is 16.0 Å². The van der Waals surface area contributed by atoms with Crippen LogP contribution in [-0.4, -0.2) is 36.9 Å². The molecule has 19 heavy (non-hydrogen) atoms. The lowest BCUT2D eigenvalue weighted by atomic mass is 10.1. The van der Waals surface area contributed by atoms with E-state index in [1.165, 1.54) is 6.92 Å². The van der Waals surface area contributed by atoms with Crippen molar-refractivity contribution in [3.05, 3.63) is 23.8 Å². The first-order valence-corrected chi connectivity index (χ1v) is 6.80. The average molecular weight is 263 g/mol. The molecular formula is C15H25N3O. The number of nitrogen functional groups attached to an aromatic ring is 1. The van der Waals surface area contributed by atoms with Crippen LogP contribution < -0.4 is 11.1 Å². The van der Waals surface area contributed by atoms with E-state index in [0.29, 0.717) is 17.3 Å². The fourth-order valence-corrected chi connectivity index (χ4v) is 1.90. The summed E-state index contributed by atoms with van der Waals surface area (Å²) in [6.07, 6.45) is 1.15. The van der Waals surface area contributed by atoms with E-state index >= 15 is 0 Å². The first-order chi connectivity index (χ1) is 8.95. The van der Waals surface area contributed by atoms with Crippen molar-refractivity contribution in [2.75, 3.05) is 31.2 Å². The number of hydrogen-bond acceptors (Lipinski definition) is 4. The van der Waals surface area contributed by atoms with Crippen molar-refractivity contribution >= 4 is 17.2 Å². The van der Waals surface area contributed by atoms with Gasteiger partial charge in [-0.25, -0.2) is 0 Å². The maximum absolute atomic E-state index is 11.3. The van der Waals surface area contributed by atoms with Crippen LogP contribution >= 0.6 is 0 Å². The van der Waals surface area contributed by atoms with Crippen molar-refractivity contribution in [2.24, 2.45) is 0 Å². The Hall–Kier alpha value is -1.55. The van der Waals surface area contributed by atoms with E-state index in [1.807, 2.05) is 12.1 Å². The van der Waals surface area contributed by atoms with Gasteiger partial charge in [-0.1, -0.05) is 6.92 Å². The Morgan fingerprint density at radius 1 is 1.47 bits per heavy atom. The summed E-state index contributed by atoms with van der Waals surface area (Å²) in [5.74, 6) is 0.000513. The Bertz CT molecular complexity index is 431. The second-order valence-corrected chi connectivity index (χ2v) is 5.02. The molecule has 1 aromatic carbocycles. The maximum Gasteiger partial charge on any atom is 0.161 e. The number of rotatable bonds is 7. The van der Waals surface area contributed by atoms with Crippen LogP contribution in [0.1, 0.15) is 37.6 Å². The average Bonchev–Trinajstić information content (AvgIpc) is 2.37. The molecule has 0 bridgehead atoms. The monoisotopic (exact) mass is 263 g/mol. The zero-order valence-electron chi connectivity index (χ0n) is 12.4.